The van der Waals surface area contributed by atoms with Crippen LogP contribution in [0, 0.1) is 0 Å². The van der Waals surface area contributed by atoms with E-state index in [2.05, 4.69) is 16.9 Å². The number of benzene rings is 1. The molecule has 19 heavy (non-hydrogen) atoms. The van der Waals surface area contributed by atoms with Crippen LogP contribution in [0.15, 0.2) is 24.3 Å². The molecule has 5 nitrogen and oxygen atoms in total. The largest absolute Gasteiger partial charge is 0.473 e. The lowest BCUT2D eigenvalue weighted by Gasteiger charge is -2.08. The molecule has 0 saturated carbocycles. The fourth-order valence-corrected chi connectivity index (χ4v) is 1.65. The van der Waals surface area contributed by atoms with Crippen LogP contribution in [0.5, 0.6) is 5.88 Å². The van der Waals surface area contributed by atoms with Gasteiger partial charge in [0.15, 0.2) is 5.82 Å². The normalized spacial score (nSPS) is 10.8. The highest BCUT2D eigenvalue weighted by Crippen LogP contribution is 2.20. The van der Waals surface area contributed by atoms with E-state index < -0.39 is 0 Å². The Morgan fingerprint density at radius 3 is 2.53 bits per heavy atom. The maximum absolute atomic E-state index is 5.81. The van der Waals surface area contributed by atoms with Gasteiger partial charge in [-0.2, -0.15) is 0 Å². The lowest BCUT2D eigenvalue weighted by Crippen LogP contribution is -2.10. The minimum Gasteiger partial charge on any atom is -0.473 e. The van der Waals surface area contributed by atoms with Crippen molar-refractivity contribution in [3.05, 3.63) is 24.3 Å². The number of aromatic nitrogens is 2. The lowest BCUT2D eigenvalue weighted by molar-refractivity contribution is 0.0968. The van der Waals surface area contributed by atoms with Gasteiger partial charge in [-0.3, -0.25) is 0 Å². The Morgan fingerprint density at radius 1 is 1.05 bits per heavy atom. The van der Waals surface area contributed by atoms with Crippen LogP contribution in [0.2, 0.25) is 0 Å². The molecule has 1 aromatic carbocycles. The van der Waals surface area contributed by atoms with Crippen molar-refractivity contribution in [2.45, 2.75) is 19.8 Å². The first-order valence-electron chi connectivity index (χ1n) is 6.54. The SMILES string of the molecule is CCCCOCCOc1nc2ccccc2nc1N. The Balaban J connectivity index is 1.91. The summed E-state index contributed by atoms with van der Waals surface area (Å²) in [6.45, 7) is 3.86. The zero-order chi connectivity index (χ0) is 13.5. The standard InChI is InChI=1S/C14H19N3O2/c1-2-3-8-18-9-10-19-14-13(15)16-11-6-4-5-7-12(11)17-14/h4-7H,2-3,8-10H2,1H3,(H2,15,16). The Morgan fingerprint density at radius 2 is 1.79 bits per heavy atom. The van der Waals surface area contributed by atoms with Crippen LogP contribution >= 0.6 is 0 Å². The molecule has 2 aromatic rings. The van der Waals surface area contributed by atoms with Gasteiger partial charge in [-0.05, 0) is 18.6 Å². The van der Waals surface area contributed by atoms with Gasteiger partial charge in [-0.1, -0.05) is 25.5 Å². The van der Waals surface area contributed by atoms with Gasteiger partial charge in [-0.25, -0.2) is 9.97 Å². The number of anilines is 1. The van der Waals surface area contributed by atoms with Crippen LogP contribution in [0.4, 0.5) is 5.82 Å². The predicted molar refractivity (Wildman–Crippen MR) is 75.2 cm³/mol. The Labute approximate surface area is 112 Å². The molecule has 0 atom stereocenters. The van der Waals surface area contributed by atoms with Gasteiger partial charge in [0.25, 0.3) is 5.88 Å². The third-order valence-electron chi connectivity index (χ3n) is 2.67. The number of para-hydroxylation sites is 2. The van der Waals surface area contributed by atoms with Crippen LogP contribution in [0.25, 0.3) is 11.0 Å². The molecule has 0 aliphatic carbocycles. The van der Waals surface area contributed by atoms with Gasteiger partial charge in [0.1, 0.15) is 6.61 Å². The highest BCUT2D eigenvalue weighted by atomic mass is 16.5. The van der Waals surface area contributed by atoms with E-state index in [-0.39, 0.29) is 0 Å². The van der Waals surface area contributed by atoms with Gasteiger partial charge in [0, 0.05) is 6.61 Å². The molecule has 2 rings (SSSR count). The van der Waals surface area contributed by atoms with Gasteiger partial charge in [0.2, 0.25) is 0 Å². The minimum absolute atomic E-state index is 0.312. The number of rotatable bonds is 7. The van der Waals surface area contributed by atoms with E-state index >= 15 is 0 Å². The van der Waals surface area contributed by atoms with E-state index in [1.807, 2.05) is 24.3 Å². The fourth-order valence-electron chi connectivity index (χ4n) is 1.65. The Bertz CT molecular complexity index is 531. The molecule has 0 saturated heterocycles. The molecule has 0 unspecified atom stereocenters. The molecule has 0 fully saturated rings. The predicted octanol–water partition coefficient (Wildman–Crippen LogP) is 2.41. The number of nitrogens with two attached hydrogens (primary N) is 1. The van der Waals surface area contributed by atoms with Crippen LogP contribution in [-0.2, 0) is 4.74 Å². The second kappa shape index (κ2) is 6.89. The maximum atomic E-state index is 5.81. The third-order valence-corrected chi connectivity index (χ3v) is 2.67. The quantitative estimate of drug-likeness (QED) is 0.775. The van der Waals surface area contributed by atoms with Crippen molar-refractivity contribution in [1.82, 2.24) is 9.97 Å². The second-order valence-electron chi connectivity index (χ2n) is 4.22. The summed E-state index contributed by atoms with van der Waals surface area (Å²) in [6.07, 6.45) is 2.20. The maximum Gasteiger partial charge on any atom is 0.257 e. The number of nitrogens with zero attached hydrogens (tertiary/aromatic N) is 2. The van der Waals surface area contributed by atoms with Crippen LogP contribution in [0.1, 0.15) is 19.8 Å². The molecule has 0 spiro atoms. The van der Waals surface area contributed by atoms with Crippen molar-refractivity contribution in [3.8, 4) is 5.88 Å². The van der Waals surface area contributed by atoms with Crippen molar-refractivity contribution >= 4 is 16.9 Å². The summed E-state index contributed by atoms with van der Waals surface area (Å²) in [5, 5.41) is 0. The highest BCUT2D eigenvalue weighted by molar-refractivity contribution is 5.76. The summed E-state index contributed by atoms with van der Waals surface area (Å²) in [6, 6.07) is 7.56. The summed E-state index contributed by atoms with van der Waals surface area (Å²) in [4.78, 5) is 8.60. The zero-order valence-electron chi connectivity index (χ0n) is 11.1. The molecule has 0 amide bonds. The third kappa shape index (κ3) is 3.79. The summed E-state index contributed by atoms with van der Waals surface area (Å²) in [5.41, 5.74) is 7.36. The Hall–Kier alpha value is -1.88. The first-order chi connectivity index (χ1) is 9.31. The molecule has 0 aliphatic rings. The number of unbranched alkanes of at least 4 members (excludes halogenated alkanes) is 1. The van der Waals surface area contributed by atoms with Crippen molar-refractivity contribution < 1.29 is 9.47 Å². The first kappa shape index (κ1) is 13.5. The average molecular weight is 261 g/mol. The highest BCUT2D eigenvalue weighted by Gasteiger charge is 2.06. The molecule has 1 heterocycles. The number of hydrogen-bond donors (Lipinski definition) is 1. The summed E-state index contributed by atoms with van der Waals surface area (Å²) < 4.78 is 10.9. The molecular weight excluding hydrogens is 242 g/mol. The average Bonchev–Trinajstić information content (AvgIpc) is 2.43. The lowest BCUT2D eigenvalue weighted by atomic mass is 10.3. The van der Waals surface area contributed by atoms with Crippen LogP contribution in [-0.4, -0.2) is 29.8 Å². The molecule has 0 radical (unpaired) electrons. The number of fused-ring (bicyclic) bond motifs is 1. The van der Waals surface area contributed by atoms with E-state index in [0.29, 0.717) is 24.9 Å². The van der Waals surface area contributed by atoms with Gasteiger partial charge < -0.3 is 15.2 Å². The summed E-state index contributed by atoms with van der Waals surface area (Å²) in [5.74, 6) is 0.685. The summed E-state index contributed by atoms with van der Waals surface area (Å²) >= 11 is 0. The molecule has 0 bridgehead atoms. The smallest absolute Gasteiger partial charge is 0.257 e. The van der Waals surface area contributed by atoms with Crippen molar-refractivity contribution in [2.24, 2.45) is 0 Å². The molecular formula is C14H19N3O2. The van der Waals surface area contributed by atoms with Crippen molar-refractivity contribution in [1.29, 1.82) is 0 Å². The Kier molecular flexibility index (Phi) is 4.92. The fraction of sp³-hybridized carbons (Fsp3) is 0.429. The van der Waals surface area contributed by atoms with Crippen LogP contribution in [0.3, 0.4) is 0 Å². The van der Waals surface area contributed by atoms with Gasteiger partial charge in [-0.15, -0.1) is 0 Å². The van der Waals surface area contributed by atoms with Crippen molar-refractivity contribution in [2.75, 3.05) is 25.6 Å². The molecule has 1 aromatic heterocycles. The van der Waals surface area contributed by atoms with Gasteiger partial charge in [0.05, 0.1) is 17.6 Å². The van der Waals surface area contributed by atoms with E-state index in [9.17, 15) is 0 Å². The zero-order valence-corrected chi connectivity index (χ0v) is 11.1. The number of ether oxygens (including phenoxy) is 2. The molecule has 2 N–H and O–H groups in total. The van der Waals surface area contributed by atoms with E-state index in [1.165, 1.54) is 0 Å². The number of hydrogen-bond acceptors (Lipinski definition) is 5. The van der Waals surface area contributed by atoms with E-state index in [4.69, 9.17) is 15.2 Å². The monoisotopic (exact) mass is 261 g/mol. The molecule has 5 heteroatoms. The molecule has 0 aliphatic heterocycles. The molecule has 102 valence electrons. The second-order valence-corrected chi connectivity index (χ2v) is 4.22. The van der Waals surface area contributed by atoms with E-state index in [1.54, 1.807) is 0 Å². The van der Waals surface area contributed by atoms with Crippen molar-refractivity contribution in [3.63, 3.8) is 0 Å². The summed E-state index contributed by atoms with van der Waals surface area (Å²) in [7, 11) is 0. The topological polar surface area (TPSA) is 70.3 Å². The van der Waals surface area contributed by atoms with Gasteiger partial charge >= 0.3 is 0 Å². The first-order valence-corrected chi connectivity index (χ1v) is 6.54. The minimum atomic E-state index is 0.312. The van der Waals surface area contributed by atoms with E-state index in [0.717, 1.165) is 30.5 Å². The number of nitrogen functional groups attached to an aromatic ring is 1. The van der Waals surface area contributed by atoms with Crippen LogP contribution < -0.4 is 10.5 Å².